The van der Waals surface area contributed by atoms with E-state index in [0.29, 0.717) is 16.4 Å². The molecule has 2 aromatic carbocycles. The molecule has 6 heteroatoms. The SMILES string of the molecule is O=C1S/C(=C/c2ccc(-c3ccc(Br)cc3)o2)C(=O)N1Cc1ccccc1. The molecule has 0 unspecified atom stereocenters. The van der Waals surface area contributed by atoms with E-state index in [2.05, 4.69) is 15.9 Å². The molecule has 0 spiro atoms. The number of thioether (sulfide) groups is 1. The number of halogens is 1. The smallest absolute Gasteiger partial charge is 0.293 e. The number of nitrogens with zero attached hydrogens (tertiary/aromatic N) is 1. The standard InChI is InChI=1S/C21H14BrNO3S/c22-16-8-6-15(7-9-16)18-11-10-17(26-18)12-19-20(24)23(21(25)27-19)13-14-4-2-1-3-5-14/h1-12H,13H2/b19-12+. The van der Waals surface area contributed by atoms with E-state index in [1.807, 2.05) is 60.7 Å². The highest BCUT2D eigenvalue weighted by Gasteiger charge is 2.35. The molecule has 2 amide bonds. The molecule has 0 N–H and O–H groups in total. The lowest BCUT2D eigenvalue weighted by molar-refractivity contribution is -0.123. The number of imide groups is 1. The van der Waals surface area contributed by atoms with E-state index in [1.165, 1.54) is 4.90 Å². The Morgan fingerprint density at radius 1 is 0.963 bits per heavy atom. The number of amides is 2. The van der Waals surface area contributed by atoms with Gasteiger partial charge >= 0.3 is 0 Å². The molecule has 4 rings (SSSR count). The van der Waals surface area contributed by atoms with Crippen molar-refractivity contribution in [2.45, 2.75) is 6.54 Å². The minimum absolute atomic E-state index is 0.269. The molecular weight excluding hydrogens is 426 g/mol. The number of rotatable bonds is 4. The second kappa shape index (κ2) is 7.58. The predicted octanol–water partition coefficient (Wildman–Crippen LogP) is 5.95. The first-order valence-corrected chi connectivity index (χ1v) is 9.86. The maximum Gasteiger partial charge on any atom is 0.293 e. The Bertz CT molecular complexity index is 1030. The summed E-state index contributed by atoms with van der Waals surface area (Å²) in [6.45, 7) is 0.269. The van der Waals surface area contributed by atoms with Gasteiger partial charge in [0.25, 0.3) is 11.1 Å². The number of carbonyl (C=O) groups is 2. The van der Waals surface area contributed by atoms with Crippen LogP contribution in [0.25, 0.3) is 17.4 Å². The molecule has 27 heavy (non-hydrogen) atoms. The number of hydrogen-bond acceptors (Lipinski definition) is 4. The monoisotopic (exact) mass is 439 g/mol. The van der Waals surface area contributed by atoms with Crippen molar-refractivity contribution < 1.29 is 14.0 Å². The van der Waals surface area contributed by atoms with Crippen molar-refractivity contribution in [3.05, 3.63) is 87.4 Å². The topological polar surface area (TPSA) is 50.5 Å². The average Bonchev–Trinajstić information content (AvgIpc) is 3.24. The third-order valence-corrected chi connectivity index (χ3v) is 5.52. The van der Waals surface area contributed by atoms with Crippen molar-refractivity contribution in [2.24, 2.45) is 0 Å². The van der Waals surface area contributed by atoms with E-state index < -0.39 is 0 Å². The molecule has 0 saturated carbocycles. The van der Waals surface area contributed by atoms with Crippen LogP contribution in [0, 0.1) is 0 Å². The van der Waals surface area contributed by atoms with Gasteiger partial charge in [-0.05, 0) is 41.6 Å². The predicted molar refractivity (Wildman–Crippen MR) is 110 cm³/mol. The lowest BCUT2D eigenvalue weighted by Crippen LogP contribution is -2.27. The molecule has 134 valence electrons. The zero-order valence-corrected chi connectivity index (χ0v) is 16.5. The van der Waals surface area contributed by atoms with Crippen LogP contribution < -0.4 is 0 Å². The van der Waals surface area contributed by atoms with Gasteiger partial charge in [0.05, 0.1) is 11.4 Å². The number of benzene rings is 2. The van der Waals surface area contributed by atoms with Crippen LogP contribution in [-0.2, 0) is 11.3 Å². The quantitative estimate of drug-likeness (QED) is 0.471. The summed E-state index contributed by atoms with van der Waals surface area (Å²) in [7, 11) is 0. The Hall–Kier alpha value is -2.57. The van der Waals surface area contributed by atoms with Crippen molar-refractivity contribution in [2.75, 3.05) is 0 Å². The van der Waals surface area contributed by atoms with Crippen LogP contribution in [0.3, 0.4) is 0 Å². The Morgan fingerprint density at radius 2 is 1.70 bits per heavy atom. The van der Waals surface area contributed by atoms with Gasteiger partial charge in [0.2, 0.25) is 0 Å². The van der Waals surface area contributed by atoms with Crippen LogP contribution in [0.2, 0.25) is 0 Å². The largest absolute Gasteiger partial charge is 0.457 e. The third-order valence-electron chi connectivity index (χ3n) is 4.09. The molecule has 0 radical (unpaired) electrons. The molecule has 0 atom stereocenters. The zero-order chi connectivity index (χ0) is 18.8. The summed E-state index contributed by atoms with van der Waals surface area (Å²) in [6.07, 6.45) is 1.62. The van der Waals surface area contributed by atoms with Crippen LogP contribution in [0.15, 0.2) is 80.5 Å². The van der Waals surface area contributed by atoms with Crippen LogP contribution in [0.4, 0.5) is 4.79 Å². The molecule has 0 bridgehead atoms. The fourth-order valence-corrected chi connectivity index (χ4v) is 3.81. The van der Waals surface area contributed by atoms with E-state index in [-0.39, 0.29) is 17.7 Å². The summed E-state index contributed by atoms with van der Waals surface area (Å²) in [4.78, 5) is 26.5. The van der Waals surface area contributed by atoms with Crippen molar-refractivity contribution >= 4 is 44.9 Å². The van der Waals surface area contributed by atoms with E-state index in [1.54, 1.807) is 12.1 Å². The summed E-state index contributed by atoms with van der Waals surface area (Å²) in [5, 5.41) is -0.269. The third kappa shape index (κ3) is 3.91. The number of furan rings is 1. The van der Waals surface area contributed by atoms with Gasteiger partial charge in [0, 0.05) is 16.1 Å². The van der Waals surface area contributed by atoms with Gasteiger partial charge in [-0.1, -0.05) is 58.4 Å². The molecule has 1 aliphatic rings. The van der Waals surface area contributed by atoms with Crippen LogP contribution in [0.5, 0.6) is 0 Å². The van der Waals surface area contributed by atoms with E-state index in [0.717, 1.165) is 27.4 Å². The molecule has 1 fully saturated rings. The maximum atomic E-state index is 12.6. The minimum Gasteiger partial charge on any atom is -0.457 e. The molecule has 0 aliphatic carbocycles. The molecule has 3 aromatic rings. The van der Waals surface area contributed by atoms with Gasteiger partial charge in [-0.3, -0.25) is 14.5 Å². The van der Waals surface area contributed by atoms with Gasteiger partial charge in [0.15, 0.2) is 0 Å². The Balaban J connectivity index is 1.53. The average molecular weight is 440 g/mol. The summed E-state index contributed by atoms with van der Waals surface area (Å²) in [6, 6.07) is 20.9. The van der Waals surface area contributed by atoms with E-state index >= 15 is 0 Å². The minimum atomic E-state index is -0.296. The van der Waals surface area contributed by atoms with Crippen molar-refractivity contribution in [1.29, 1.82) is 0 Å². The molecule has 1 aliphatic heterocycles. The lowest BCUT2D eigenvalue weighted by Gasteiger charge is -2.11. The Kier molecular flexibility index (Phi) is 5.01. The Morgan fingerprint density at radius 3 is 2.44 bits per heavy atom. The fraction of sp³-hybridized carbons (Fsp3) is 0.0476. The summed E-state index contributed by atoms with van der Waals surface area (Å²) >= 11 is 4.34. The first-order chi connectivity index (χ1) is 13.1. The van der Waals surface area contributed by atoms with Crippen LogP contribution in [0.1, 0.15) is 11.3 Å². The van der Waals surface area contributed by atoms with Crippen LogP contribution in [-0.4, -0.2) is 16.0 Å². The second-order valence-corrected chi connectivity index (χ2v) is 7.87. The van der Waals surface area contributed by atoms with Crippen molar-refractivity contribution in [1.82, 2.24) is 4.90 Å². The van der Waals surface area contributed by atoms with E-state index in [4.69, 9.17) is 4.42 Å². The number of hydrogen-bond donors (Lipinski definition) is 0. The van der Waals surface area contributed by atoms with Crippen molar-refractivity contribution in [3.8, 4) is 11.3 Å². The lowest BCUT2D eigenvalue weighted by atomic mass is 10.2. The van der Waals surface area contributed by atoms with Gasteiger partial charge in [-0.25, -0.2) is 0 Å². The van der Waals surface area contributed by atoms with Gasteiger partial charge in [-0.15, -0.1) is 0 Å². The Labute approximate surface area is 169 Å². The van der Waals surface area contributed by atoms with E-state index in [9.17, 15) is 9.59 Å². The van der Waals surface area contributed by atoms with Crippen molar-refractivity contribution in [3.63, 3.8) is 0 Å². The molecule has 4 nitrogen and oxygen atoms in total. The molecule has 2 heterocycles. The summed E-state index contributed by atoms with van der Waals surface area (Å²) < 4.78 is 6.81. The first kappa shape index (κ1) is 17.8. The highest BCUT2D eigenvalue weighted by atomic mass is 79.9. The zero-order valence-electron chi connectivity index (χ0n) is 14.1. The first-order valence-electron chi connectivity index (χ1n) is 8.25. The highest BCUT2D eigenvalue weighted by Crippen LogP contribution is 2.34. The number of carbonyl (C=O) groups excluding carboxylic acids is 2. The molecular formula is C21H14BrNO3S. The maximum absolute atomic E-state index is 12.6. The molecule has 1 aromatic heterocycles. The van der Waals surface area contributed by atoms with Gasteiger partial charge in [0.1, 0.15) is 11.5 Å². The normalized spacial score (nSPS) is 15.7. The van der Waals surface area contributed by atoms with Gasteiger partial charge < -0.3 is 4.42 Å². The molecule has 1 saturated heterocycles. The second-order valence-electron chi connectivity index (χ2n) is 5.96. The summed E-state index contributed by atoms with van der Waals surface area (Å²) in [5.41, 5.74) is 1.85. The van der Waals surface area contributed by atoms with Gasteiger partial charge in [-0.2, -0.15) is 0 Å². The fourth-order valence-electron chi connectivity index (χ4n) is 2.73. The van der Waals surface area contributed by atoms with Crippen LogP contribution >= 0.6 is 27.7 Å². The highest BCUT2D eigenvalue weighted by molar-refractivity contribution is 9.10. The summed E-state index contributed by atoms with van der Waals surface area (Å²) in [5.74, 6) is 0.950.